The van der Waals surface area contributed by atoms with Crippen molar-refractivity contribution in [3.8, 4) is 5.75 Å². The number of amides is 1. The van der Waals surface area contributed by atoms with Crippen LogP contribution in [0, 0.1) is 13.8 Å². The third-order valence-corrected chi connectivity index (χ3v) is 5.05. The van der Waals surface area contributed by atoms with Crippen LogP contribution in [0.5, 0.6) is 5.75 Å². The van der Waals surface area contributed by atoms with Crippen LogP contribution in [0.1, 0.15) is 40.3 Å². The molecule has 1 aromatic carbocycles. The first-order valence-corrected chi connectivity index (χ1v) is 9.18. The fourth-order valence-electron chi connectivity index (χ4n) is 3.42. The summed E-state index contributed by atoms with van der Waals surface area (Å²) < 4.78 is 11.6. The number of rotatable bonds is 5. The summed E-state index contributed by atoms with van der Waals surface area (Å²) in [6.07, 6.45) is 2.00. The standard InChI is InChI=1S/C21H28N2O3/c1-15-5-7-19(16(2)13-15)25-14-18-6-8-20(26-18)21(24)23-11-9-17(10-12-23)22(3)4/h5-8,13,17H,9-12,14H2,1-4H3. The molecule has 0 bridgehead atoms. The fraction of sp³-hybridized carbons (Fsp3) is 0.476. The Kier molecular flexibility index (Phi) is 5.67. The van der Waals surface area contributed by atoms with Gasteiger partial charge >= 0.3 is 0 Å². The van der Waals surface area contributed by atoms with E-state index in [-0.39, 0.29) is 5.91 Å². The van der Waals surface area contributed by atoms with E-state index < -0.39 is 0 Å². The molecule has 26 heavy (non-hydrogen) atoms. The average molecular weight is 356 g/mol. The normalized spacial score (nSPS) is 15.5. The Balaban J connectivity index is 1.56. The van der Waals surface area contributed by atoms with Crippen LogP contribution in [0.25, 0.3) is 0 Å². The number of benzene rings is 1. The van der Waals surface area contributed by atoms with Crippen molar-refractivity contribution in [1.82, 2.24) is 9.80 Å². The lowest BCUT2D eigenvalue weighted by Crippen LogP contribution is -2.44. The first-order chi connectivity index (χ1) is 12.4. The van der Waals surface area contributed by atoms with E-state index in [1.54, 1.807) is 6.07 Å². The molecule has 0 aliphatic carbocycles. The Labute approximate surface area is 155 Å². The van der Waals surface area contributed by atoms with E-state index in [4.69, 9.17) is 9.15 Å². The Morgan fingerprint density at radius 2 is 1.92 bits per heavy atom. The molecule has 3 rings (SSSR count). The predicted octanol–water partition coefficient (Wildman–Crippen LogP) is 3.64. The maximum Gasteiger partial charge on any atom is 0.289 e. The van der Waals surface area contributed by atoms with Gasteiger partial charge in [-0.2, -0.15) is 0 Å². The minimum Gasteiger partial charge on any atom is -0.485 e. The third-order valence-electron chi connectivity index (χ3n) is 5.05. The Bertz CT molecular complexity index is 758. The molecule has 1 aromatic heterocycles. The molecule has 0 radical (unpaired) electrons. The number of hydrogen-bond acceptors (Lipinski definition) is 4. The minimum atomic E-state index is -0.0278. The molecule has 140 valence electrons. The van der Waals surface area contributed by atoms with Crippen molar-refractivity contribution in [3.63, 3.8) is 0 Å². The number of carbonyl (C=O) groups is 1. The summed E-state index contributed by atoms with van der Waals surface area (Å²) in [6.45, 7) is 5.95. The zero-order valence-corrected chi connectivity index (χ0v) is 16.1. The van der Waals surface area contributed by atoms with Crippen LogP contribution in [0.15, 0.2) is 34.7 Å². The molecule has 5 heteroatoms. The van der Waals surface area contributed by atoms with Gasteiger partial charge < -0.3 is 19.0 Å². The summed E-state index contributed by atoms with van der Waals surface area (Å²) in [4.78, 5) is 16.7. The first kappa shape index (κ1) is 18.5. The summed E-state index contributed by atoms with van der Waals surface area (Å²) in [5, 5.41) is 0. The summed E-state index contributed by atoms with van der Waals surface area (Å²) in [5.41, 5.74) is 2.30. The van der Waals surface area contributed by atoms with Gasteiger partial charge in [0.05, 0.1) is 0 Å². The molecule has 1 saturated heterocycles. The number of carbonyl (C=O) groups excluding carboxylic acids is 1. The molecule has 0 saturated carbocycles. The first-order valence-electron chi connectivity index (χ1n) is 9.18. The lowest BCUT2D eigenvalue weighted by atomic mass is 10.0. The molecule has 0 spiro atoms. The SMILES string of the molecule is Cc1ccc(OCc2ccc(C(=O)N3CCC(N(C)C)CC3)o2)c(C)c1. The number of likely N-dealkylation sites (tertiary alicyclic amines) is 1. The minimum absolute atomic E-state index is 0.0278. The van der Waals surface area contributed by atoms with Crippen LogP contribution in [-0.4, -0.2) is 48.9 Å². The van der Waals surface area contributed by atoms with Crippen LogP contribution in [0.3, 0.4) is 0 Å². The average Bonchev–Trinajstić information content (AvgIpc) is 3.09. The molecular formula is C21H28N2O3. The van der Waals surface area contributed by atoms with E-state index in [2.05, 4.69) is 32.0 Å². The van der Waals surface area contributed by atoms with Gasteiger partial charge in [-0.1, -0.05) is 17.7 Å². The lowest BCUT2D eigenvalue weighted by Gasteiger charge is -2.34. The van der Waals surface area contributed by atoms with Crippen LogP contribution in [0.4, 0.5) is 0 Å². The molecule has 0 N–H and O–H groups in total. The highest BCUT2D eigenvalue weighted by atomic mass is 16.5. The van der Waals surface area contributed by atoms with Gasteiger partial charge in [0.25, 0.3) is 5.91 Å². The molecule has 1 fully saturated rings. The van der Waals surface area contributed by atoms with Gasteiger partial charge in [-0.3, -0.25) is 4.79 Å². The van der Waals surface area contributed by atoms with Crippen LogP contribution in [0.2, 0.25) is 0 Å². The van der Waals surface area contributed by atoms with Gasteiger partial charge in [-0.25, -0.2) is 0 Å². The number of piperidine rings is 1. The molecular weight excluding hydrogens is 328 g/mol. The van der Waals surface area contributed by atoms with E-state index in [9.17, 15) is 4.79 Å². The zero-order valence-electron chi connectivity index (χ0n) is 16.1. The zero-order chi connectivity index (χ0) is 18.7. The summed E-state index contributed by atoms with van der Waals surface area (Å²) >= 11 is 0. The topological polar surface area (TPSA) is 45.9 Å². The molecule has 2 aromatic rings. The van der Waals surface area contributed by atoms with Gasteiger partial charge in [0.15, 0.2) is 5.76 Å². The molecule has 0 unspecified atom stereocenters. The fourth-order valence-corrected chi connectivity index (χ4v) is 3.42. The highest BCUT2D eigenvalue weighted by molar-refractivity contribution is 5.91. The van der Waals surface area contributed by atoms with Gasteiger partial charge in [-0.05, 0) is 64.5 Å². The van der Waals surface area contributed by atoms with Crippen molar-refractivity contribution in [2.45, 2.75) is 39.3 Å². The van der Waals surface area contributed by atoms with E-state index in [1.807, 2.05) is 30.0 Å². The Hall–Kier alpha value is -2.27. The van der Waals surface area contributed by atoms with Crippen LogP contribution in [-0.2, 0) is 6.61 Å². The number of aryl methyl sites for hydroxylation is 2. The van der Waals surface area contributed by atoms with E-state index >= 15 is 0 Å². The van der Waals surface area contributed by atoms with Crippen LogP contribution >= 0.6 is 0 Å². The molecule has 1 amide bonds. The van der Waals surface area contributed by atoms with E-state index in [0.717, 1.165) is 37.2 Å². The van der Waals surface area contributed by atoms with Crippen molar-refractivity contribution in [1.29, 1.82) is 0 Å². The Morgan fingerprint density at radius 1 is 1.19 bits per heavy atom. The number of nitrogens with zero attached hydrogens (tertiary/aromatic N) is 2. The second-order valence-corrected chi connectivity index (χ2v) is 7.31. The highest BCUT2D eigenvalue weighted by Crippen LogP contribution is 2.22. The number of furan rings is 1. The molecule has 1 aliphatic rings. The Morgan fingerprint density at radius 3 is 2.58 bits per heavy atom. The lowest BCUT2D eigenvalue weighted by molar-refractivity contribution is 0.0628. The molecule has 2 heterocycles. The maximum absolute atomic E-state index is 12.6. The van der Waals surface area contributed by atoms with Crippen molar-refractivity contribution >= 4 is 5.91 Å². The van der Waals surface area contributed by atoms with Gasteiger partial charge in [0.1, 0.15) is 18.1 Å². The van der Waals surface area contributed by atoms with Gasteiger partial charge in [0.2, 0.25) is 0 Å². The number of ether oxygens (including phenoxy) is 1. The number of hydrogen-bond donors (Lipinski definition) is 0. The van der Waals surface area contributed by atoms with Crippen molar-refractivity contribution in [2.75, 3.05) is 27.2 Å². The largest absolute Gasteiger partial charge is 0.485 e. The summed E-state index contributed by atoms with van der Waals surface area (Å²) in [7, 11) is 4.19. The van der Waals surface area contributed by atoms with Crippen molar-refractivity contribution < 1.29 is 13.9 Å². The van der Waals surface area contributed by atoms with Crippen molar-refractivity contribution in [3.05, 3.63) is 53.0 Å². The molecule has 5 nitrogen and oxygen atoms in total. The highest BCUT2D eigenvalue weighted by Gasteiger charge is 2.26. The van der Waals surface area contributed by atoms with Gasteiger partial charge in [0, 0.05) is 19.1 Å². The smallest absolute Gasteiger partial charge is 0.289 e. The monoisotopic (exact) mass is 356 g/mol. The van der Waals surface area contributed by atoms with E-state index in [1.165, 1.54) is 5.56 Å². The maximum atomic E-state index is 12.6. The van der Waals surface area contributed by atoms with Gasteiger partial charge in [-0.15, -0.1) is 0 Å². The summed E-state index contributed by atoms with van der Waals surface area (Å²) in [6, 6.07) is 10.2. The molecule has 0 atom stereocenters. The second-order valence-electron chi connectivity index (χ2n) is 7.31. The second kappa shape index (κ2) is 7.96. The summed E-state index contributed by atoms with van der Waals surface area (Å²) in [5.74, 6) is 1.87. The van der Waals surface area contributed by atoms with E-state index in [0.29, 0.717) is 24.2 Å². The quantitative estimate of drug-likeness (QED) is 0.820. The predicted molar refractivity (Wildman–Crippen MR) is 102 cm³/mol. The molecule has 1 aliphatic heterocycles. The van der Waals surface area contributed by atoms with Crippen molar-refractivity contribution in [2.24, 2.45) is 0 Å². The van der Waals surface area contributed by atoms with Crippen LogP contribution < -0.4 is 4.74 Å². The third kappa shape index (κ3) is 4.28.